The fraction of sp³-hybridized carbons (Fsp3) is 1.00. The topological polar surface area (TPSA) is 41.5 Å². The number of hydrogen-bond donors (Lipinski definition) is 2. The van der Waals surface area contributed by atoms with Crippen LogP contribution in [0.3, 0.4) is 0 Å². The summed E-state index contributed by atoms with van der Waals surface area (Å²) in [6.45, 7) is 0. The number of hydrogen-bond acceptors (Lipinski definition) is 3. The second kappa shape index (κ2) is 3.32. The Morgan fingerprint density at radius 1 is 1.50 bits per heavy atom. The van der Waals surface area contributed by atoms with Crippen LogP contribution in [-0.2, 0) is 4.74 Å². The fourth-order valence-electron chi connectivity index (χ4n) is 1.52. The van der Waals surface area contributed by atoms with E-state index in [1.807, 2.05) is 7.05 Å². The Labute approximate surface area is 61.4 Å². The van der Waals surface area contributed by atoms with Crippen LogP contribution in [-0.4, -0.2) is 37.5 Å². The summed E-state index contributed by atoms with van der Waals surface area (Å²) in [5.41, 5.74) is 0. The van der Waals surface area contributed by atoms with Crippen molar-refractivity contribution in [2.75, 3.05) is 14.2 Å². The third-order valence-corrected chi connectivity index (χ3v) is 2.23. The van der Waals surface area contributed by atoms with Gasteiger partial charge in [0, 0.05) is 13.2 Å². The minimum atomic E-state index is -0.324. The van der Waals surface area contributed by atoms with E-state index in [4.69, 9.17) is 4.74 Å². The molecule has 0 aromatic rings. The van der Waals surface area contributed by atoms with Gasteiger partial charge in [-0.15, -0.1) is 0 Å². The van der Waals surface area contributed by atoms with E-state index < -0.39 is 0 Å². The molecule has 3 atom stereocenters. The normalized spacial score (nSPS) is 40.5. The molecule has 3 heteroatoms. The van der Waals surface area contributed by atoms with Gasteiger partial charge in [-0.1, -0.05) is 0 Å². The smallest absolute Gasteiger partial charge is 0.0954 e. The van der Waals surface area contributed by atoms with E-state index in [1.165, 1.54) is 0 Å². The molecular weight excluding hydrogens is 130 g/mol. The molecule has 0 radical (unpaired) electrons. The van der Waals surface area contributed by atoms with Gasteiger partial charge in [0.25, 0.3) is 0 Å². The molecule has 0 bridgehead atoms. The maximum atomic E-state index is 9.46. The summed E-state index contributed by atoms with van der Waals surface area (Å²) in [6.07, 6.45) is 1.69. The van der Waals surface area contributed by atoms with Crippen LogP contribution in [0.2, 0.25) is 0 Å². The highest BCUT2D eigenvalue weighted by Crippen LogP contribution is 2.21. The van der Waals surface area contributed by atoms with Crippen molar-refractivity contribution in [1.29, 1.82) is 0 Å². The van der Waals surface area contributed by atoms with Crippen LogP contribution in [0.25, 0.3) is 0 Å². The number of methoxy groups -OCH3 is 1. The third kappa shape index (κ3) is 1.31. The van der Waals surface area contributed by atoms with Crippen molar-refractivity contribution in [2.45, 2.75) is 31.1 Å². The first-order chi connectivity index (χ1) is 4.79. The monoisotopic (exact) mass is 145 g/mol. The molecule has 1 saturated carbocycles. The minimum Gasteiger partial charge on any atom is -0.389 e. The van der Waals surface area contributed by atoms with Crippen molar-refractivity contribution >= 4 is 0 Å². The molecule has 60 valence electrons. The average molecular weight is 145 g/mol. The zero-order chi connectivity index (χ0) is 7.56. The molecular formula is C7H15NO2. The summed E-state index contributed by atoms with van der Waals surface area (Å²) in [4.78, 5) is 0. The first-order valence-electron chi connectivity index (χ1n) is 3.67. The molecule has 0 aromatic carbocycles. The molecule has 0 spiro atoms. The minimum absolute atomic E-state index is 0.0393. The van der Waals surface area contributed by atoms with E-state index in [-0.39, 0.29) is 18.2 Å². The molecule has 3 unspecified atom stereocenters. The van der Waals surface area contributed by atoms with Crippen LogP contribution < -0.4 is 5.32 Å². The molecule has 0 amide bonds. The second-order valence-electron chi connectivity index (χ2n) is 2.74. The Morgan fingerprint density at radius 3 is 2.50 bits per heavy atom. The number of nitrogens with one attached hydrogen (secondary N) is 1. The van der Waals surface area contributed by atoms with Gasteiger partial charge >= 0.3 is 0 Å². The Kier molecular flexibility index (Phi) is 2.65. The lowest BCUT2D eigenvalue weighted by Crippen LogP contribution is -2.38. The Balaban J connectivity index is 2.41. The van der Waals surface area contributed by atoms with Gasteiger partial charge in [0.1, 0.15) is 0 Å². The second-order valence-corrected chi connectivity index (χ2v) is 2.74. The fourth-order valence-corrected chi connectivity index (χ4v) is 1.52. The SMILES string of the molecule is CNC1CCC(OC)C1O. The van der Waals surface area contributed by atoms with Gasteiger partial charge in [0.05, 0.1) is 12.2 Å². The van der Waals surface area contributed by atoms with Gasteiger partial charge < -0.3 is 15.2 Å². The average Bonchev–Trinajstić information content (AvgIpc) is 2.30. The molecule has 3 nitrogen and oxygen atoms in total. The Hall–Kier alpha value is -0.120. The van der Waals surface area contributed by atoms with E-state index in [0.29, 0.717) is 0 Å². The van der Waals surface area contributed by atoms with Crippen LogP contribution in [0.4, 0.5) is 0 Å². The molecule has 0 heterocycles. The zero-order valence-corrected chi connectivity index (χ0v) is 6.50. The quantitative estimate of drug-likeness (QED) is 0.562. The zero-order valence-electron chi connectivity index (χ0n) is 6.50. The number of aliphatic hydroxyl groups excluding tert-OH is 1. The maximum Gasteiger partial charge on any atom is 0.0954 e. The molecule has 1 fully saturated rings. The number of aliphatic hydroxyl groups is 1. The van der Waals surface area contributed by atoms with E-state index in [2.05, 4.69) is 5.32 Å². The summed E-state index contributed by atoms with van der Waals surface area (Å²) in [7, 11) is 3.51. The maximum absolute atomic E-state index is 9.46. The van der Waals surface area contributed by atoms with Gasteiger partial charge in [-0.3, -0.25) is 0 Å². The molecule has 0 saturated heterocycles. The summed E-state index contributed by atoms with van der Waals surface area (Å²) in [5, 5.41) is 12.5. The lowest BCUT2D eigenvalue weighted by Gasteiger charge is -2.17. The van der Waals surface area contributed by atoms with Gasteiger partial charge in [-0.25, -0.2) is 0 Å². The van der Waals surface area contributed by atoms with Crippen LogP contribution in [0.1, 0.15) is 12.8 Å². The standard InChI is InChI=1S/C7H15NO2/c1-8-5-3-4-6(10-2)7(5)9/h5-9H,3-4H2,1-2H3. The van der Waals surface area contributed by atoms with Crippen molar-refractivity contribution in [3.8, 4) is 0 Å². The summed E-state index contributed by atoms with van der Waals surface area (Å²) >= 11 is 0. The highest BCUT2D eigenvalue weighted by Gasteiger charge is 2.33. The van der Waals surface area contributed by atoms with Gasteiger partial charge in [-0.2, -0.15) is 0 Å². The van der Waals surface area contributed by atoms with Crippen LogP contribution in [0, 0.1) is 0 Å². The van der Waals surface area contributed by atoms with E-state index in [9.17, 15) is 5.11 Å². The van der Waals surface area contributed by atoms with Crippen LogP contribution in [0.5, 0.6) is 0 Å². The Bertz CT molecular complexity index is 95.8. The van der Waals surface area contributed by atoms with Crippen molar-refractivity contribution in [2.24, 2.45) is 0 Å². The molecule has 2 N–H and O–H groups in total. The van der Waals surface area contributed by atoms with Crippen LogP contribution in [0.15, 0.2) is 0 Å². The van der Waals surface area contributed by atoms with Gasteiger partial charge in [0.2, 0.25) is 0 Å². The van der Waals surface area contributed by atoms with Crippen molar-refractivity contribution < 1.29 is 9.84 Å². The van der Waals surface area contributed by atoms with Gasteiger partial charge in [-0.05, 0) is 19.9 Å². The van der Waals surface area contributed by atoms with Crippen molar-refractivity contribution in [1.82, 2.24) is 5.32 Å². The lowest BCUT2D eigenvalue weighted by molar-refractivity contribution is 0.000756. The van der Waals surface area contributed by atoms with E-state index >= 15 is 0 Å². The number of ether oxygens (including phenoxy) is 1. The molecule has 1 aliphatic carbocycles. The number of rotatable bonds is 2. The molecule has 0 aromatic heterocycles. The molecule has 10 heavy (non-hydrogen) atoms. The van der Waals surface area contributed by atoms with E-state index in [1.54, 1.807) is 7.11 Å². The highest BCUT2D eigenvalue weighted by molar-refractivity contribution is 4.89. The first kappa shape index (κ1) is 7.98. The molecule has 0 aliphatic heterocycles. The van der Waals surface area contributed by atoms with Crippen LogP contribution >= 0.6 is 0 Å². The van der Waals surface area contributed by atoms with Crippen molar-refractivity contribution in [3.63, 3.8) is 0 Å². The lowest BCUT2D eigenvalue weighted by atomic mass is 10.2. The van der Waals surface area contributed by atoms with Gasteiger partial charge in [0.15, 0.2) is 0 Å². The summed E-state index contributed by atoms with van der Waals surface area (Å²) in [5.74, 6) is 0. The predicted molar refractivity (Wildman–Crippen MR) is 38.9 cm³/mol. The summed E-state index contributed by atoms with van der Waals surface area (Å²) < 4.78 is 5.07. The third-order valence-electron chi connectivity index (χ3n) is 2.23. The first-order valence-corrected chi connectivity index (χ1v) is 3.67. The Morgan fingerprint density at radius 2 is 2.20 bits per heavy atom. The predicted octanol–water partition coefficient (Wildman–Crippen LogP) is -0.256. The summed E-state index contributed by atoms with van der Waals surface area (Å²) in [6, 6.07) is 0.227. The van der Waals surface area contributed by atoms with E-state index in [0.717, 1.165) is 12.8 Å². The highest BCUT2D eigenvalue weighted by atomic mass is 16.5. The van der Waals surface area contributed by atoms with Crippen molar-refractivity contribution in [3.05, 3.63) is 0 Å². The molecule has 1 rings (SSSR count). The largest absolute Gasteiger partial charge is 0.389 e. The molecule has 1 aliphatic rings. The number of likely N-dealkylation sites (N-methyl/N-ethyl adjacent to an activating group) is 1.